The smallest absolute Gasteiger partial charge is 0.259 e. The molecule has 2 aromatic rings. The van der Waals surface area contributed by atoms with E-state index in [0.29, 0.717) is 12.4 Å². The highest BCUT2D eigenvalue weighted by molar-refractivity contribution is 5.99. The van der Waals surface area contributed by atoms with E-state index < -0.39 is 43.2 Å². The number of phenolic OH excluding ortho intramolecular Hbond substituents is 1. The number of rotatable bonds is 8. The molecule has 0 aliphatic carbocycles. The van der Waals surface area contributed by atoms with Crippen molar-refractivity contribution in [3.8, 4) is 17.2 Å². The predicted octanol–water partition coefficient (Wildman–Crippen LogP) is -0.100. The fourth-order valence-electron chi connectivity index (χ4n) is 3.28. The van der Waals surface area contributed by atoms with Crippen LogP contribution < -0.4 is 14.8 Å². The average Bonchev–Trinajstić information content (AvgIpc) is 2.79. The van der Waals surface area contributed by atoms with Gasteiger partial charge in [-0.05, 0) is 36.8 Å². The summed E-state index contributed by atoms with van der Waals surface area (Å²) >= 11 is 0. The topological polar surface area (TPSA) is 158 Å². The molecule has 1 amide bonds. The first-order chi connectivity index (χ1) is 15.3. The van der Waals surface area contributed by atoms with Crippen molar-refractivity contribution in [2.75, 3.05) is 13.2 Å². The highest BCUT2D eigenvalue weighted by atomic mass is 16.7. The number of aliphatic hydroxyl groups excluding tert-OH is 4. The van der Waals surface area contributed by atoms with Crippen molar-refractivity contribution in [3.05, 3.63) is 53.6 Å². The molecule has 6 N–H and O–H groups in total. The van der Waals surface area contributed by atoms with Gasteiger partial charge < -0.3 is 45.1 Å². The molecule has 32 heavy (non-hydrogen) atoms. The third-order valence-corrected chi connectivity index (χ3v) is 5.01. The van der Waals surface area contributed by atoms with E-state index >= 15 is 0 Å². The molecule has 1 saturated heterocycles. The Bertz CT molecular complexity index is 903. The lowest BCUT2D eigenvalue weighted by Gasteiger charge is -2.39. The first-order valence-electron chi connectivity index (χ1n) is 10.1. The maximum Gasteiger partial charge on any atom is 0.259 e. The Kier molecular flexibility index (Phi) is 7.89. The number of carbonyl (C=O) groups excluding carboxylic acids is 1. The number of benzene rings is 2. The van der Waals surface area contributed by atoms with Crippen molar-refractivity contribution in [2.24, 2.45) is 0 Å². The minimum atomic E-state index is -1.66. The van der Waals surface area contributed by atoms with Crippen LogP contribution in [0.15, 0.2) is 42.5 Å². The van der Waals surface area contributed by atoms with Crippen molar-refractivity contribution in [1.29, 1.82) is 0 Å². The quantitative estimate of drug-likeness (QED) is 0.324. The number of amides is 1. The monoisotopic (exact) mass is 449 g/mol. The van der Waals surface area contributed by atoms with E-state index in [1.807, 2.05) is 6.92 Å². The average molecular weight is 449 g/mol. The molecule has 1 aliphatic rings. The highest BCUT2D eigenvalue weighted by Crippen LogP contribution is 2.31. The lowest BCUT2D eigenvalue weighted by atomic mass is 9.99. The van der Waals surface area contributed by atoms with Gasteiger partial charge in [0.1, 0.15) is 47.2 Å². The van der Waals surface area contributed by atoms with Gasteiger partial charge in [-0.15, -0.1) is 0 Å². The Morgan fingerprint density at radius 2 is 1.78 bits per heavy atom. The van der Waals surface area contributed by atoms with E-state index in [1.165, 1.54) is 18.2 Å². The van der Waals surface area contributed by atoms with E-state index in [1.54, 1.807) is 24.3 Å². The van der Waals surface area contributed by atoms with E-state index in [-0.39, 0.29) is 23.6 Å². The molecule has 0 aromatic heterocycles. The predicted molar refractivity (Wildman–Crippen MR) is 111 cm³/mol. The molecule has 5 atom stereocenters. The zero-order chi connectivity index (χ0) is 23.3. The molecule has 1 heterocycles. The standard InChI is InChI=1S/C22H27NO9/c1-2-30-13-8-6-12(7-9-13)10-23-21(29)17-14(25)4-3-5-15(17)31-22-20(28)19(27)18(26)16(11-24)32-22/h3-9,16,18-20,22,24-28H,2,10-11H2,1H3,(H,23,29)/t16-,18-,19+,20-,22-/m1/s1. The molecule has 2 aromatic carbocycles. The highest BCUT2D eigenvalue weighted by Gasteiger charge is 2.45. The summed E-state index contributed by atoms with van der Waals surface area (Å²) in [4.78, 5) is 12.8. The summed E-state index contributed by atoms with van der Waals surface area (Å²) in [6.45, 7) is 1.96. The van der Waals surface area contributed by atoms with Crippen molar-refractivity contribution < 1.29 is 44.5 Å². The van der Waals surface area contributed by atoms with Gasteiger partial charge in [0.2, 0.25) is 6.29 Å². The van der Waals surface area contributed by atoms with Crippen LogP contribution >= 0.6 is 0 Å². The van der Waals surface area contributed by atoms with Crippen molar-refractivity contribution in [2.45, 2.75) is 44.2 Å². The van der Waals surface area contributed by atoms with Crippen LogP contribution in [0.1, 0.15) is 22.8 Å². The SMILES string of the molecule is CCOc1ccc(CNC(=O)c2c(O)cccc2O[C@@H]2O[C@H](CO)[C@@H](O)[C@H](O)[C@H]2O)cc1. The third kappa shape index (κ3) is 5.29. The van der Waals surface area contributed by atoms with Crippen LogP contribution in [0.25, 0.3) is 0 Å². The molecule has 0 saturated carbocycles. The summed E-state index contributed by atoms with van der Waals surface area (Å²) in [6, 6.07) is 11.2. The van der Waals surface area contributed by atoms with Gasteiger partial charge in [0.15, 0.2) is 0 Å². The molecule has 1 aliphatic heterocycles. The molecule has 10 nitrogen and oxygen atoms in total. The van der Waals surface area contributed by atoms with Crippen LogP contribution in [-0.2, 0) is 11.3 Å². The van der Waals surface area contributed by atoms with Crippen LogP contribution in [0.2, 0.25) is 0 Å². The summed E-state index contributed by atoms with van der Waals surface area (Å²) in [5, 5.41) is 52.3. The largest absolute Gasteiger partial charge is 0.507 e. The molecule has 0 radical (unpaired) electrons. The number of hydrogen-bond donors (Lipinski definition) is 6. The second kappa shape index (κ2) is 10.6. The normalized spacial score (nSPS) is 25.2. The van der Waals surface area contributed by atoms with Gasteiger partial charge in [0, 0.05) is 6.54 Å². The molecule has 0 unspecified atom stereocenters. The maximum atomic E-state index is 12.8. The second-order valence-electron chi connectivity index (χ2n) is 7.23. The number of aliphatic hydroxyl groups is 4. The zero-order valence-corrected chi connectivity index (χ0v) is 17.4. The van der Waals surface area contributed by atoms with Crippen LogP contribution in [0, 0.1) is 0 Å². The number of carbonyl (C=O) groups is 1. The van der Waals surface area contributed by atoms with Gasteiger partial charge in [0.25, 0.3) is 5.91 Å². The summed E-state index contributed by atoms with van der Waals surface area (Å²) in [7, 11) is 0. The fourth-order valence-corrected chi connectivity index (χ4v) is 3.28. The lowest BCUT2D eigenvalue weighted by molar-refractivity contribution is -0.277. The Balaban J connectivity index is 1.73. The summed E-state index contributed by atoms with van der Waals surface area (Å²) in [6.07, 6.45) is -7.51. The van der Waals surface area contributed by atoms with Gasteiger partial charge in [-0.2, -0.15) is 0 Å². The van der Waals surface area contributed by atoms with Gasteiger partial charge in [0.05, 0.1) is 13.2 Å². The van der Waals surface area contributed by atoms with Crippen LogP contribution in [-0.4, -0.2) is 75.4 Å². The van der Waals surface area contributed by atoms with Gasteiger partial charge in [-0.25, -0.2) is 0 Å². The van der Waals surface area contributed by atoms with Crippen LogP contribution in [0.4, 0.5) is 0 Å². The third-order valence-electron chi connectivity index (χ3n) is 5.01. The number of nitrogens with one attached hydrogen (secondary N) is 1. The van der Waals surface area contributed by atoms with Crippen LogP contribution in [0.5, 0.6) is 17.2 Å². The first kappa shape index (κ1) is 23.8. The fraction of sp³-hybridized carbons (Fsp3) is 0.409. The number of hydrogen-bond acceptors (Lipinski definition) is 9. The Morgan fingerprint density at radius 3 is 2.44 bits per heavy atom. The Morgan fingerprint density at radius 1 is 1.06 bits per heavy atom. The van der Waals surface area contributed by atoms with Gasteiger partial charge in [-0.1, -0.05) is 18.2 Å². The van der Waals surface area contributed by atoms with E-state index in [0.717, 1.165) is 5.56 Å². The second-order valence-corrected chi connectivity index (χ2v) is 7.23. The number of phenols is 1. The Hall–Kier alpha value is -2.89. The minimum absolute atomic E-state index is 0.112. The molecule has 3 rings (SSSR count). The molecule has 0 spiro atoms. The number of aromatic hydroxyl groups is 1. The van der Waals surface area contributed by atoms with Crippen molar-refractivity contribution >= 4 is 5.91 Å². The van der Waals surface area contributed by atoms with E-state index in [2.05, 4.69) is 5.32 Å². The summed E-state index contributed by atoms with van der Waals surface area (Å²) in [5.74, 6) is -0.412. The molecular formula is C22H27NO9. The van der Waals surface area contributed by atoms with Crippen molar-refractivity contribution in [3.63, 3.8) is 0 Å². The molecule has 174 valence electrons. The molecule has 1 fully saturated rings. The maximum absolute atomic E-state index is 12.8. The Labute approximate surface area is 184 Å². The lowest BCUT2D eigenvalue weighted by Crippen LogP contribution is -2.60. The molecule has 10 heteroatoms. The first-order valence-corrected chi connectivity index (χ1v) is 10.1. The zero-order valence-electron chi connectivity index (χ0n) is 17.4. The van der Waals surface area contributed by atoms with Crippen molar-refractivity contribution in [1.82, 2.24) is 5.32 Å². The number of ether oxygens (including phenoxy) is 3. The van der Waals surface area contributed by atoms with Gasteiger partial charge in [-0.3, -0.25) is 4.79 Å². The summed E-state index contributed by atoms with van der Waals surface area (Å²) in [5.41, 5.74) is 0.601. The van der Waals surface area contributed by atoms with E-state index in [4.69, 9.17) is 14.2 Å². The minimum Gasteiger partial charge on any atom is -0.507 e. The van der Waals surface area contributed by atoms with E-state index in [9.17, 15) is 30.3 Å². The summed E-state index contributed by atoms with van der Waals surface area (Å²) < 4.78 is 16.2. The molecule has 0 bridgehead atoms. The van der Waals surface area contributed by atoms with Gasteiger partial charge >= 0.3 is 0 Å². The molecular weight excluding hydrogens is 422 g/mol. The van der Waals surface area contributed by atoms with Crippen LogP contribution in [0.3, 0.4) is 0 Å².